The van der Waals surface area contributed by atoms with Crippen molar-refractivity contribution in [2.45, 2.75) is 79.2 Å². The van der Waals surface area contributed by atoms with Crippen LogP contribution in [0, 0.1) is 0 Å². The molecule has 1 atom stereocenters. The second kappa shape index (κ2) is 21.8. The summed E-state index contributed by atoms with van der Waals surface area (Å²) in [7, 11) is 1.69. The van der Waals surface area contributed by atoms with Crippen LogP contribution >= 0.6 is 0 Å². The summed E-state index contributed by atoms with van der Waals surface area (Å²) < 4.78 is 0. The molecule has 0 aromatic rings. The molecule has 1 fully saturated rings. The van der Waals surface area contributed by atoms with Crippen molar-refractivity contribution in [3.05, 3.63) is 70.9 Å². The van der Waals surface area contributed by atoms with Gasteiger partial charge in [0.25, 0.3) is 5.91 Å². The topological polar surface area (TPSA) is 125 Å². The summed E-state index contributed by atoms with van der Waals surface area (Å²) in [5, 5.41) is 6.08. The molecular weight excluding hydrogens is 526 g/mol. The van der Waals surface area contributed by atoms with Crippen molar-refractivity contribution in [2.75, 3.05) is 26.7 Å². The first-order chi connectivity index (χ1) is 20.2. The Kier molecular flexibility index (Phi) is 18.8. The summed E-state index contributed by atoms with van der Waals surface area (Å²) in [6.45, 7) is 12.2. The molecule has 0 spiro atoms. The Balaban J connectivity index is 0.00000132. The van der Waals surface area contributed by atoms with E-state index in [1.165, 1.54) is 12.6 Å². The number of amides is 2. The maximum atomic E-state index is 13.3. The zero-order chi connectivity index (χ0) is 31.2. The zero-order valence-corrected chi connectivity index (χ0v) is 26.4. The molecule has 42 heavy (non-hydrogen) atoms. The fourth-order valence-electron chi connectivity index (χ4n) is 3.98. The molecule has 2 heterocycles. The highest BCUT2D eigenvalue weighted by Gasteiger charge is 2.16. The minimum absolute atomic E-state index is 0.0240. The maximum Gasteiger partial charge on any atom is 0.257 e. The van der Waals surface area contributed by atoms with Gasteiger partial charge in [0.05, 0.1) is 18.2 Å². The highest BCUT2D eigenvalue weighted by Crippen LogP contribution is 2.12. The number of nitrogens with zero attached hydrogens (tertiary/aromatic N) is 4. The molecule has 0 aromatic carbocycles. The van der Waals surface area contributed by atoms with E-state index in [1.54, 1.807) is 38.0 Å². The fraction of sp³-hybridized carbons (Fsp3) is 0.485. The molecule has 0 bridgehead atoms. The first kappa shape index (κ1) is 36.2. The molecule has 1 unspecified atom stereocenters. The van der Waals surface area contributed by atoms with Crippen molar-refractivity contribution in [1.82, 2.24) is 15.5 Å². The van der Waals surface area contributed by atoms with Crippen LogP contribution < -0.4 is 16.4 Å². The fourth-order valence-corrected chi connectivity index (χ4v) is 3.98. The van der Waals surface area contributed by atoms with Crippen molar-refractivity contribution in [3.63, 3.8) is 0 Å². The maximum absolute atomic E-state index is 13.3. The Labute approximate surface area is 252 Å². The van der Waals surface area contributed by atoms with Crippen molar-refractivity contribution in [1.29, 1.82) is 0 Å². The molecule has 0 aromatic heterocycles. The summed E-state index contributed by atoms with van der Waals surface area (Å²) in [6, 6.07) is -0.0240. The third-order valence-electron chi connectivity index (χ3n) is 6.43. The Morgan fingerprint density at radius 2 is 1.88 bits per heavy atom. The third kappa shape index (κ3) is 15.2. The van der Waals surface area contributed by atoms with Crippen LogP contribution in [0.3, 0.4) is 0 Å². The highest BCUT2D eigenvalue weighted by atomic mass is 16.2. The zero-order valence-electron chi connectivity index (χ0n) is 26.4. The number of nitrogens with one attached hydrogen (secondary N) is 2. The third-order valence-corrected chi connectivity index (χ3v) is 6.43. The average molecular weight is 578 g/mol. The summed E-state index contributed by atoms with van der Waals surface area (Å²) in [5.74, 6) is -0.302. The molecule has 2 rings (SSSR count). The number of carbonyl (C=O) groups excluding carboxylic acids is 2. The summed E-state index contributed by atoms with van der Waals surface area (Å²) in [5.41, 5.74) is 8.36. The van der Waals surface area contributed by atoms with Gasteiger partial charge in [-0.3, -0.25) is 29.5 Å². The van der Waals surface area contributed by atoms with Crippen LogP contribution in [-0.2, 0) is 9.59 Å². The molecule has 2 aliphatic rings. The van der Waals surface area contributed by atoms with Gasteiger partial charge in [-0.2, -0.15) is 0 Å². The van der Waals surface area contributed by atoms with Crippen LogP contribution in [0.4, 0.5) is 0 Å². The standard InChI is InChI=1S/C29H43N5O2.C4H8N2/c1-6-8-10-13-25(32-28(35)21-34-16-11-9-12-17-34)18-27(22(3)4)33-29(36)26-20-31-24(7-2)14-15-30-19-23(26)5;1-6-4-2-3-5/h10,13-15,18-20,24H,6-9,11-12,16-17,21H2,1-5H3,(H,32,35)(H,33,36);2-4H,5H2,1H3/b13-10+,15-14-,25-18+,26-23-,30-19-,31-20?;3-2-,6-4?. The van der Waals surface area contributed by atoms with E-state index in [1.807, 2.05) is 52.0 Å². The summed E-state index contributed by atoms with van der Waals surface area (Å²) in [4.78, 5) is 40.8. The van der Waals surface area contributed by atoms with E-state index in [9.17, 15) is 9.59 Å². The number of allylic oxidation sites excluding steroid dienone is 6. The van der Waals surface area contributed by atoms with Gasteiger partial charge in [0.2, 0.25) is 5.91 Å². The molecule has 2 amide bonds. The van der Waals surface area contributed by atoms with Crippen LogP contribution in [0.2, 0.25) is 0 Å². The van der Waals surface area contributed by atoms with E-state index < -0.39 is 0 Å². The minimum Gasteiger partial charge on any atom is -0.405 e. The smallest absolute Gasteiger partial charge is 0.257 e. The number of unbranched alkanes of at least 4 members (excludes halogenated alkanes) is 1. The van der Waals surface area contributed by atoms with Gasteiger partial charge in [0.15, 0.2) is 0 Å². The molecule has 1 saturated heterocycles. The molecule has 2 aliphatic heterocycles. The quantitative estimate of drug-likeness (QED) is 0.232. The molecular formula is C33H51N7O2. The second-order valence-corrected chi connectivity index (χ2v) is 10.3. The van der Waals surface area contributed by atoms with Gasteiger partial charge < -0.3 is 16.4 Å². The number of likely N-dealkylation sites (tertiary alicyclic amines) is 1. The lowest BCUT2D eigenvalue weighted by Gasteiger charge is -2.25. The first-order valence-electron chi connectivity index (χ1n) is 14.9. The molecule has 0 aliphatic carbocycles. The van der Waals surface area contributed by atoms with Crippen LogP contribution in [0.25, 0.3) is 0 Å². The van der Waals surface area contributed by atoms with Gasteiger partial charge in [-0.1, -0.05) is 38.3 Å². The van der Waals surface area contributed by atoms with Gasteiger partial charge in [-0.15, -0.1) is 0 Å². The van der Waals surface area contributed by atoms with E-state index in [-0.39, 0.29) is 17.9 Å². The Bertz CT molecular complexity index is 1120. The normalized spacial score (nSPS) is 21.3. The summed E-state index contributed by atoms with van der Waals surface area (Å²) in [6.07, 6.45) is 23.7. The van der Waals surface area contributed by atoms with Crippen LogP contribution in [0.15, 0.2) is 85.9 Å². The van der Waals surface area contributed by atoms with E-state index >= 15 is 0 Å². The average Bonchev–Trinajstić information content (AvgIpc) is 3.06. The lowest BCUT2D eigenvalue weighted by Crippen LogP contribution is -2.39. The monoisotopic (exact) mass is 577 g/mol. The number of carbonyl (C=O) groups is 2. The largest absolute Gasteiger partial charge is 0.405 e. The molecule has 230 valence electrons. The van der Waals surface area contributed by atoms with Crippen molar-refractivity contribution in [2.24, 2.45) is 20.7 Å². The molecule has 0 saturated carbocycles. The molecule has 0 radical (unpaired) electrons. The number of rotatable bonds is 11. The van der Waals surface area contributed by atoms with Crippen LogP contribution in [0.5, 0.6) is 0 Å². The number of aliphatic imine (C=N–C) groups is 3. The van der Waals surface area contributed by atoms with Gasteiger partial charge in [0.1, 0.15) is 0 Å². The van der Waals surface area contributed by atoms with Crippen LogP contribution in [0.1, 0.15) is 73.1 Å². The Morgan fingerprint density at radius 3 is 2.48 bits per heavy atom. The van der Waals surface area contributed by atoms with Gasteiger partial charge in [-0.05, 0) is 95.6 Å². The molecule has 4 N–H and O–H groups in total. The van der Waals surface area contributed by atoms with Gasteiger partial charge in [0, 0.05) is 43.3 Å². The number of hydrogen-bond donors (Lipinski definition) is 3. The van der Waals surface area contributed by atoms with E-state index in [0.717, 1.165) is 56.3 Å². The number of hydrogen-bond acceptors (Lipinski definition) is 7. The van der Waals surface area contributed by atoms with E-state index in [2.05, 4.69) is 37.4 Å². The SMILES string of the molecule is CCC/C=C/C(=C\C(NC(=O)\C1=C(C)/C=N\C=C/C(CC)N=C1)=C(C)C)NC(=O)CN1CCCCC1.CN=C/C=C\N. The van der Waals surface area contributed by atoms with Crippen molar-refractivity contribution >= 4 is 30.5 Å². The predicted octanol–water partition coefficient (Wildman–Crippen LogP) is 5.16. The number of nitrogens with two attached hydrogens (primary N) is 1. The minimum atomic E-state index is -0.261. The van der Waals surface area contributed by atoms with Crippen molar-refractivity contribution in [3.8, 4) is 0 Å². The number of piperidine rings is 1. The lowest BCUT2D eigenvalue weighted by atomic mass is 10.1. The van der Waals surface area contributed by atoms with Gasteiger partial charge >= 0.3 is 0 Å². The lowest BCUT2D eigenvalue weighted by molar-refractivity contribution is -0.121. The Morgan fingerprint density at radius 1 is 1.14 bits per heavy atom. The van der Waals surface area contributed by atoms with Crippen molar-refractivity contribution < 1.29 is 9.59 Å². The molecule has 9 nitrogen and oxygen atoms in total. The molecule has 9 heteroatoms. The second-order valence-electron chi connectivity index (χ2n) is 10.3. The highest BCUT2D eigenvalue weighted by molar-refractivity contribution is 6.16. The van der Waals surface area contributed by atoms with E-state index in [0.29, 0.717) is 23.5 Å². The van der Waals surface area contributed by atoms with Gasteiger partial charge in [-0.25, -0.2) is 0 Å². The Hall–Kier alpha value is -3.85. The van der Waals surface area contributed by atoms with E-state index in [4.69, 9.17) is 5.73 Å². The summed E-state index contributed by atoms with van der Waals surface area (Å²) >= 11 is 0. The van der Waals surface area contributed by atoms with Crippen LogP contribution in [-0.4, -0.2) is 68.1 Å². The predicted molar refractivity (Wildman–Crippen MR) is 178 cm³/mol. The first-order valence-corrected chi connectivity index (χ1v) is 14.9.